The van der Waals surface area contributed by atoms with Gasteiger partial charge in [-0.15, -0.1) is 0 Å². The number of hydrogen-bond acceptors (Lipinski definition) is 3. The van der Waals surface area contributed by atoms with E-state index in [1.807, 2.05) is 42.5 Å². The fourth-order valence-corrected chi connectivity index (χ4v) is 2.62. The van der Waals surface area contributed by atoms with Crippen LogP contribution in [0.2, 0.25) is 0 Å². The maximum absolute atomic E-state index is 11.6. The van der Waals surface area contributed by atoms with Gasteiger partial charge in [0, 0.05) is 19.2 Å². The summed E-state index contributed by atoms with van der Waals surface area (Å²) in [6.45, 7) is 2.77. The van der Waals surface area contributed by atoms with Gasteiger partial charge < -0.3 is 10.1 Å². The highest BCUT2D eigenvalue weighted by Gasteiger charge is 2.14. The Bertz CT molecular complexity index is 899. The third kappa shape index (κ3) is 2.51. The fourth-order valence-electron chi connectivity index (χ4n) is 2.62. The predicted molar refractivity (Wildman–Crippen MR) is 87.1 cm³/mol. The lowest BCUT2D eigenvalue weighted by atomic mass is 10.00. The Morgan fingerprint density at radius 1 is 0.909 bits per heavy atom. The maximum atomic E-state index is 11.6. The standard InChI is InChI=1S/C18H15NO3/c1-11(20)19-18-16(22-12(2)21)10-9-14-8-7-13-5-3-4-6-15(13)17(14)18/h3-10H,1-2H3,(H,19,20). The number of amides is 1. The van der Waals surface area contributed by atoms with Gasteiger partial charge in [0.1, 0.15) is 0 Å². The second kappa shape index (κ2) is 5.48. The Balaban J connectivity index is 2.40. The lowest BCUT2D eigenvalue weighted by Gasteiger charge is -2.14. The lowest BCUT2D eigenvalue weighted by molar-refractivity contribution is -0.131. The lowest BCUT2D eigenvalue weighted by Crippen LogP contribution is -2.10. The van der Waals surface area contributed by atoms with Crippen LogP contribution in [0.1, 0.15) is 13.8 Å². The molecule has 0 aliphatic rings. The van der Waals surface area contributed by atoms with Gasteiger partial charge in [-0.2, -0.15) is 0 Å². The number of anilines is 1. The van der Waals surface area contributed by atoms with Crippen molar-refractivity contribution in [3.05, 3.63) is 48.5 Å². The van der Waals surface area contributed by atoms with Gasteiger partial charge in [0.25, 0.3) is 0 Å². The second-order valence-corrected chi connectivity index (χ2v) is 5.10. The number of benzene rings is 3. The van der Waals surface area contributed by atoms with E-state index in [4.69, 9.17) is 4.74 Å². The van der Waals surface area contributed by atoms with Crippen molar-refractivity contribution < 1.29 is 14.3 Å². The predicted octanol–water partition coefficient (Wildman–Crippen LogP) is 3.88. The van der Waals surface area contributed by atoms with E-state index in [0.29, 0.717) is 11.4 Å². The first-order chi connectivity index (χ1) is 10.6. The normalized spacial score (nSPS) is 10.6. The average molecular weight is 293 g/mol. The molecule has 0 spiro atoms. The Labute approximate surface area is 127 Å². The third-order valence-corrected chi connectivity index (χ3v) is 3.43. The molecule has 0 atom stereocenters. The van der Waals surface area contributed by atoms with Gasteiger partial charge in [0.15, 0.2) is 5.75 Å². The van der Waals surface area contributed by atoms with Crippen LogP contribution in [0.3, 0.4) is 0 Å². The van der Waals surface area contributed by atoms with E-state index < -0.39 is 5.97 Å². The Kier molecular flexibility index (Phi) is 3.51. The number of carbonyl (C=O) groups is 2. The minimum absolute atomic E-state index is 0.214. The Morgan fingerprint density at radius 3 is 2.32 bits per heavy atom. The van der Waals surface area contributed by atoms with Crippen LogP contribution in [-0.4, -0.2) is 11.9 Å². The van der Waals surface area contributed by atoms with Crippen molar-refractivity contribution in [2.75, 3.05) is 5.32 Å². The highest BCUT2D eigenvalue weighted by Crippen LogP contribution is 2.38. The number of ether oxygens (including phenoxy) is 1. The summed E-state index contributed by atoms with van der Waals surface area (Å²) in [6.07, 6.45) is 0. The molecular formula is C18H15NO3. The maximum Gasteiger partial charge on any atom is 0.308 e. The van der Waals surface area contributed by atoms with Crippen molar-refractivity contribution in [2.24, 2.45) is 0 Å². The van der Waals surface area contributed by atoms with E-state index in [1.54, 1.807) is 6.07 Å². The molecule has 3 aromatic carbocycles. The highest BCUT2D eigenvalue weighted by atomic mass is 16.5. The largest absolute Gasteiger partial charge is 0.424 e. The zero-order valence-electron chi connectivity index (χ0n) is 12.3. The van der Waals surface area contributed by atoms with Crippen molar-refractivity contribution >= 4 is 39.1 Å². The third-order valence-electron chi connectivity index (χ3n) is 3.43. The summed E-state index contributed by atoms with van der Waals surface area (Å²) in [5, 5.41) is 6.69. The quantitative estimate of drug-likeness (QED) is 0.443. The molecule has 1 amide bonds. The molecule has 0 unspecified atom stereocenters. The van der Waals surface area contributed by atoms with Crippen LogP contribution >= 0.6 is 0 Å². The summed E-state index contributed by atoms with van der Waals surface area (Å²) in [6, 6.07) is 15.5. The molecule has 0 aliphatic heterocycles. The van der Waals surface area contributed by atoms with Crippen LogP contribution in [-0.2, 0) is 9.59 Å². The molecule has 3 aromatic rings. The SMILES string of the molecule is CC(=O)Nc1c(OC(C)=O)ccc2ccc3ccccc3c12. The topological polar surface area (TPSA) is 55.4 Å². The van der Waals surface area contributed by atoms with Crippen molar-refractivity contribution in [3.63, 3.8) is 0 Å². The Morgan fingerprint density at radius 2 is 1.59 bits per heavy atom. The van der Waals surface area contributed by atoms with E-state index in [2.05, 4.69) is 5.32 Å². The van der Waals surface area contributed by atoms with Gasteiger partial charge in [-0.1, -0.05) is 42.5 Å². The molecule has 0 aromatic heterocycles. The molecule has 4 nitrogen and oxygen atoms in total. The van der Waals surface area contributed by atoms with Crippen LogP contribution in [0, 0.1) is 0 Å². The van der Waals surface area contributed by atoms with Gasteiger partial charge in [0.05, 0.1) is 5.69 Å². The number of carbonyl (C=O) groups excluding carboxylic acids is 2. The van der Waals surface area contributed by atoms with E-state index in [9.17, 15) is 9.59 Å². The van der Waals surface area contributed by atoms with Gasteiger partial charge >= 0.3 is 5.97 Å². The molecule has 0 aliphatic carbocycles. The summed E-state index contributed by atoms with van der Waals surface area (Å²) >= 11 is 0. The number of rotatable bonds is 2. The van der Waals surface area contributed by atoms with Crippen molar-refractivity contribution in [3.8, 4) is 5.75 Å². The van der Waals surface area contributed by atoms with Crippen LogP contribution in [0.5, 0.6) is 5.75 Å². The molecule has 110 valence electrons. The molecule has 4 heteroatoms. The number of fused-ring (bicyclic) bond motifs is 3. The first kappa shape index (κ1) is 14.1. The summed E-state index contributed by atoms with van der Waals surface area (Å²) in [5.41, 5.74) is 0.525. The zero-order chi connectivity index (χ0) is 15.7. The molecule has 3 rings (SSSR count). The fraction of sp³-hybridized carbons (Fsp3) is 0.111. The molecule has 0 fully saturated rings. The van der Waals surface area contributed by atoms with E-state index in [1.165, 1.54) is 13.8 Å². The van der Waals surface area contributed by atoms with E-state index in [-0.39, 0.29) is 5.91 Å². The van der Waals surface area contributed by atoms with Crippen molar-refractivity contribution in [1.29, 1.82) is 0 Å². The summed E-state index contributed by atoms with van der Waals surface area (Å²) in [4.78, 5) is 22.9. The van der Waals surface area contributed by atoms with E-state index in [0.717, 1.165) is 21.5 Å². The monoisotopic (exact) mass is 293 g/mol. The average Bonchev–Trinajstić information content (AvgIpc) is 2.48. The number of esters is 1. The van der Waals surface area contributed by atoms with Gasteiger partial charge in [-0.3, -0.25) is 9.59 Å². The van der Waals surface area contributed by atoms with Crippen molar-refractivity contribution in [1.82, 2.24) is 0 Å². The molecule has 0 heterocycles. The second-order valence-electron chi connectivity index (χ2n) is 5.10. The highest BCUT2D eigenvalue weighted by molar-refractivity contribution is 6.17. The minimum Gasteiger partial charge on any atom is -0.424 e. The van der Waals surface area contributed by atoms with Crippen LogP contribution < -0.4 is 10.1 Å². The molecular weight excluding hydrogens is 278 g/mol. The molecule has 0 saturated heterocycles. The number of nitrogens with one attached hydrogen (secondary N) is 1. The molecule has 1 N–H and O–H groups in total. The van der Waals surface area contributed by atoms with Gasteiger partial charge in [-0.25, -0.2) is 0 Å². The van der Waals surface area contributed by atoms with Gasteiger partial charge in [0.2, 0.25) is 5.91 Å². The van der Waals surface area contributed by atoms with Crippen LogP contribution in [0.25, 0.3) is 21.5 Å². The molecule has 0 saturated carbocycles. The smallest absolute Gasteiger partial charge is 0.308 e. The summed E-state index contributed by atoms with van der Waals surface area (Å²) < 4.78 is 5.25. The Hall–Kier alpha value is -2.88. The number of hydrogen-bond donors (Lipinski definition) is 1. The van der Waals surface area contributed by atoms with Crippen molar-refractivity contribution in [2.45, 2.75) is 13.8 Å². The summed E-state index contributed by atoms with van der Waals surface area (Å²) in [7, 11) is 0. The first-order valence-electron chi connectivity index (χ1n) is 6.97. The van der Waals surface area contributed by atoms with E-state index >= 15 is 0 Å². The van der Waals surface area contributed by atoms with Crippen LogP contribution in [0.15, 0.2) is 48.5 Å². The molecule has 0 radical (unpaired) electrons. The minimum atomic E-state index is -0.425. The molecule has 22 heavy (non-hydrogen) atoms. The summed E-state index contributed by atoms with van der Waals surface area (Å²) in [5.74, 6) is -0.286. The zero-order valence-corrected chi connectivity index (χ0v) is 12.3. The molecule has 0 bridgehead atoms. The first-order valence-corrected chi connectivity index (χ1v) is 6.97. The van der Waals surface area contributed by atoms with Gasteiger partial charge in [-0.05, 0) is 22.2 Å². The van der Waals surface area contributed by atoms with Crippen LogP contribution in [0.4, 0.5) is 5.69 Å².